The molecule has 0 unspecified atom stereocenters. The number of nitrogens with two attached hydrogens (primary N) is 1. The largest absolute Gasteiger partial charge is 0.495 e. The van der Waals surface area contributed by atoms with E-state index in [2.05, 4.69) is 10.3 Å². The van der Waals surface area contributed by atoms with Crippen LogP contribution in [0.4, 0.5) is 11.4 Å². The molecule has 4 aromatic rings. The summed E-state index contributed by atoms with van der Waals surface area (Å²) in [7, 11) is -2.25. The molecule has 0 radical (unpaired) electrons. The first kappa shape index (κ1) is 18.1. The van der Waals surface area contributed by atoms with Gasteiger partial charge in [-0.05, 0) is 24.3 Å². The third-order valence-corrected chi connectivity index (χ3v) is 6.08. The predicted molar refractivity (Wildman–Crippen MR) is 112 cm³/mol. The Labute approximate surface area is 162 Å². The molecule has 0 bridgehead atoms. The van der Waals surface area contributed by atoms with Gasteiger partial charge in [-0.25, -0.2) is 13.4 Å². The highest BCUT2D eigenvalue weighted by atomic mass is 32.2. The zero-order valence-corrected chi connectivity index (χ0v) is 16.0. The molecule has 1 aromatic heterocycles. The topological polar surface area (TPSA) is 94.3 Å². The van der Waals surface area contributed by atoms with E-state index in [1.54, 1.807) is 6.07 Å². The summed E-state index contributed by atoms with van der Waals surface area (Å²) >= 11 is 0. The van der Waals surface area contributed by atoms with Crippen molar-refractivity contribution in [3.05, 3.63) is 66.7 Å². The smallest absolute Gasteiger partial charge is 0.199 e. The quantitative estimate of drug-likeness (QED) is 0.395. The number of aromatic nitrogens is 1. The number of anilines is 2. The molecule has 0 aliphatic heterocycles. The lowest BCUT2D eigenvalue weighted by Gasteiger charge is -2.15. The van der Waals surface area contributed by atoms with Gasteiger partial charge in [0.15, 0.2) is 9.84 Å². The van der Waals surface area contributed by atoms with E-state index >= 15 is 0 Å². The van der Waals surface area contributed by atoms with E-state index in [0.717, 1.165) is 27.5 Å². The fraction of sp³-hybridized carbons (Fsp3) is 0.0952. The van der Waals surface area contributed by atoms with Gasteiger partial charge in [-0.3, -0.25) is 0 Å². The maximum atomic E-state index is 13.0. The molecular formula is C21H19N3O3S. The minimum Gasteiger partial charge on any atom is -0.495 e. The molecule has 142 valence electrons. The molecule has 0 amide bonds. The third-order valence-electron chi connectivity index (χ3n) is 4.55. The second-order valence-electron chi connectivity index (χ2n) is 6.37. The summed E-state index contributed by atoms with van der Waals surface area (Å²) in [5.74, 6) is -0.0584. The fourth-order valence-electron chi connectivity index (χ4n) is 3.22. The molecular weight excluding hydrogens is 374 g/mol. The van der Waals surface area contributed by atoms with Gasteiger partial charge in [0.25, 0.3) is 0 Å². The molecule has 3 aromatic carbocycles. The van der Waals surface area contributed by atoms with E-state index < -0.39 is 9.84 Å². The molecule has 28 heavy (non-hydrogen) atoms. The van der Waals surface area contributed by atoms with Crippen molar-refractivity contribution in [2.24, 2.45) is 0 Å². The van der Waals surface area contributed by atoms with E-state index in [9.17, 15) is 8.42 Å². The minimum absolute atomic E-state index is 0.0966. The average molecular weight is 393 g/mol. The number of pyridine rings is 1. The highest BCUT2D eigenvalue weighted by Crippen LogP contribution is 2.32. The number of fused-ring (bicyclic) bond motifs is 2. The number of rotatable bonds is 5. The van der Waals surface area contributed by atoms with Crippen LogP contribution in [-0.2, 0) is 9.84 Å². The van der Waals surface area contributed by atoms with Gasteiger partial charge in [0, 0.05) is 22.5 Å². The number of benzene rings is 3. The maximum absolute atomic E-state index is 13.0. The van der Waals surface area contributed by atoms with Crippen molar-refractivity contribution in [2.75, 3.05) is 24.0 Å². The molecule has 0 aliphatic rings. The van der Waals surface area contributed by atoms with Crippen LogP contribution in [0.3, 0.4) is 0 Å². The summed E-state index contributed by atoms with van der Waals surface area (Å²) in [6.07, 6.45) is 0. The van der Waals surface area contributed by atoms with Crippen LogP contribution in [0.25, 0.3) is 21.8 Å². The Morgan fingerprint density at radius 2 is 1.57 bits per heavy atom. The zero-order valence-electron chi connectivity index (χ0n) is 15.2. The van der Waals surface area contributed by atoms with Gasteiger partial charge in [-0.15, -0.1) is 0 Å². The summed E-state index contributed by atoms with van der Waals surface area (Å²) in [6, 6.07) is 19.8. The lowest BCUT2D eigenvalue weighted by Crippen LogP contribution is -2.16. The number of para-hydroxylation sites is 2. The second-order valence-corrected chi connectivity index (χ2v) is 8.33. The Balaban J connectivity index is 1.78. The Morgan fingerprint density at radius 1 is 0.964 bits per heavy atom. The van der Waals surface area contributed by atoms with Gasteiger partial charge < -0.3 is 15.8 Å². The third kappa shape index (κ3) is 3.20. The van der Waals surface area contributed by atoms with Crippen molar-refractivity contribution in [1.29, 1.82) is 0 Å². The Bertz CT molecular complexity index is 1230. The Morgan fingerprint density at radius 3 is 2.18 bits per heavy atom. The van der Waals surface area contributed by atoms with Crippen molar-refractivity contribution < 1.29 is 13.2 Å². The van der Waals surface area contributed by atoms with Gasteiger partial charge in [0.2, 0.25) is 0 Å². The molecule has 1 heterocycles. The fourth-order valence-corrected chi connectivity index (χ4v) is 4.43. The standard InChI is InChI=1S/C21H19N3O3S/c1-27-19-12-14(22)10-11-20(19)28(25,26)13-23-21-15-6-2-4-8-17(15)24-18-9-5-3-7-16(18)21/h2-12H,13,22H2,1H3,(H,23,24). The van der Waals surface area contributed by atoms with Crippen molar-refractivity contribution in [3.63, 3.8) is 0 Å². The van der Waals surface area contributed by atoms with Crippen molar-refractivity contribution in [3.8, 4) is 5.75 Å². The second kappa shape index (κ2) is 7.01. The lowest BCUT2D eigenvalue weighted by atomic mass is 10.1. The summed E-state index contributed by atoms with van der Waals surface area (Å²) < 4.78 is 31.1. The van der Waals surface area contributed by atoms with Crippen molar-refractivity contribution >= 4 is 43.0 Å². The first-order chi connectivity index (χ1) is 13.5. The van der Waals surface area contributed by atoms with Crippen LogP contribution in [0.15, 0.2) is 71.6 Å². The molecule has 4 rings (SSSR count). The summed E-state index contributed by atoms with van der Waals surface area (Å²) in [5.41, 5.74) is 8.51. The van der Waals surface area contributed by atoms with E-state index in [-0.39, 0.29) is 16.5 Å². The summed E-state index contributed by atoms with van der Waals surface area (Å²) in [6.45, 7) is 0. The molecule has 0 spiro atoms. The molecule has 0 atom stereocenters. The number of nitrogen functional groups attached to an aromatic ring is 1. The number of nitrogens with zero attached hydrogens (tertiary/aromatic N) is 1. The molecule has 0 aliphatic carbocycles. The molecule has 6 nitrogen and oxygen atoms in total. The number of hydrogen-bond donors (Lipinski definition) is 2. The lowest BCUT2D eigenvalue weighted by molar-refractivity contribution is 0.403. The summed E-state index contributed by atoms with van der Waals surface area (Å²) in [5, 5.41) is 4.84. The van der Waals surface area contributed by atoms with E-state index in [4.69, 9.17) is 10.5 Å². The van der Waals surface area contributed by atoms with Crippen LogP contribution in [0.2, 0.25) is 0 Å². The predicted octanol–water partition coefficient (Wildman–Crippen LogP) is 3.82. The maximum Gasteiger partial charge on any atom is 0.199 e. The number of nitrogens with one attached hydrogen (secondary N) is 1. The summed E-state index contributed by atoms with van der Waals surface area (Å²) in [4.78, 5) is 4.75. The number of sulfone groups is 1. The van der Waals surface area contributed by atoms with E-state index in [0.29, 0.717) is 5.69 Å². The molecule has 3 N–H and O–H groups in total. The monoisotopic (exact) mass is 393 g/mol. The average Bonchev–Trinajstić information content (AvgIpc) is 2.70. The van der Waals surface area contributed by atoms with Crippen molar-refractivity contribution in [2.45, 2.75) is 4.90 Å². The Kier molecular flexibility index (Phi) is 4.52. The first-order valence-corrected chi connectivity index (χ1v) is 10.3. The first-order valence-electron chi connectivity index (χ1n) is 8.67. The van der Waals surface area contributed by atoms with Crippen LogP contribution >= 0.6 is 0 Å². The van der Waals surface area contributed by atoms with Crippen LogP contribution in [0.5, 0.6) is 5.75 Å². The minimum atomic E-state index is -3.67. The highest BCUT2D eigenvalue weighted by molar-refractivity contribution is 7.91. The van der Waals surface area contributed by atoms with Gasteiger partial charge in [-0.2, -0.15) is 0 Å². The van der Waals surface area contributed by atoms with Gasteiger partial charge >= 0.3 is 0 Å². The van der Waals surface area contributed by atoms with Gasteiger partial charge in [0.05, 0.1) is 23.8 Å². The van der Waals surface area contributed by atoms with E-state index in [1.165, 1.54) is 19.2 Å². The zero-order chi connectivity index (χ0) is 19.7. The van der Waals surface area contributed by atoms with Gasteiger partial charge in [-0.1, -0.05) is 36.4 Å². The number of hydrogen-bond acceptors (Lipinski definition) is 6. The number of methoxy groups -OCH3 is 1. The van der Waals surface area contributed by atoms with Crippen LogP contribution in [0, 0.1) is 0 Å². The molecule has 0 saturated carbocycles. The van der Waals surface area contributed by atoms with Crippen LogP contribution in [0.1, 0.15) is 0 Å². The Hall–Kier alpha value is -3.32. The normalized spacial score (nSPS) is 11.6. The van der Waals surface area contributed by atoms with Gasteiger partial charge in [0.1, 0.15) is 16.5 Å². The van der Waals surface area contributed by atoms with Crippen LogP contribution in [-0.4, -0.2) is 26.4 Å². The number of ether oxygens (including phenoxy) is 1. The SMILES string of the molecule is COc1cc(N)ccc1S(=O)(=O)CNc1c2ccccc2nc2ccccc12. The highest BCUT2D eigenvalue weighted by Gasteiger charge is 2.21. The molecule has 7 heteroatoms. The van der Waals surface area contributed by atoms with E-state index in [1.807, 2.05) is 48.5 Å². The molecule has 0 fully saturated rings. The molecule has 0 saturated heterocycles. The van der Waals surface area contributed by atoms with Crippen LogP contribution < -0.4 is 15.8 Å². The van der Waals surface area contributed by atoms with Crippen molar-refractivity contribution in [1.82, 2.24) is 4.98 Å².